The molecule has 0 N–H and O–H groups in total. The molecule has 18 heavy (non-hydrogen) atoms. The van der Waals surface area contributed by atoms with E-state index in [1.165, 1.54) is 11.1 Å². The zero-order chi connectivity index (χ0) is 13.4. The van der Waals surface area contributed by atoms with E-state index in [-0.39, 0.29) is 11.7 Å². The summed E-state index contributed by atoms with van der Waals surface area (Å²) >= 11 is 0. The summed E-state index contributed by atoms with van der Waals surface area (Å²) in [5.74, 6) is 0.104. The molecule has 0 amide bonds. The summed E-state index contributed by atoms with van der Waals surface area (Å²) in [5.41, 5.74) is 4.95. The number of carbonyl (C=O) groups is 1. The van der Waals surface area contributed by atoms with Crippen molar-refractivity contribution in [3.63, 3.8) is 0 Å². The molecule has 0 unspecified atom stereocenters. The van der Waals surface area contributed by atoms with Crippen LogP contribution in [0.2, 0.25) is 0 Å². The van der Waals surface area contributed by atoms with E-state index in [1.54, 1.807) is 0 Å². The number of hydrogen-bond donors (Lipinski definition) is 0. The van der Waals surface area contributed by atoms with Crippen LogP contribution in [0.15, 0.2) is 18.2 Å². The predicted molar refractivity (Wildman–Crippen MR) is 75.1 cm³/mol. The average Bonchev–Trinajstić information content (AvgIpc) is 2.29. The van der Waals surface area contributed by atoms with E-state index in [9.17, 15) is 4.79 Å². The summed E-state index contributed by atoms with van der Waals surface area (Å²) in [6.07, 6.45) is 0. The Morgan fingerprint density at radius 2 is 1.56 bits per heavy atom. The second-order valence-corrected chi connectivity index (χ2v) is 5.30. The molecule has 2 heteroatoms. The quantitative estimate of drug-likeness (QED) is 0.744. The molecule has 0 saturated carbocycles. The number of benzene rings is 1. The van der Waals surface area contributed by atoms with Gasteiger partial charge in [0, 0.05) is 11.3 Å². The molecule has 0 bridgehead atoms. The van der Waals surface area contributed by atoms with Gasteiger partial charge < -0.3 is 0 Å². The Labute approximate surface area is 108 Å². The molecular weight excluding hydrogens is 222 g/mol. The van der Waals surface area contributed by atoms with Crippen molar-refractivity contribution < 1.29 is 4.79 Å². The third-order valence-electron chi connectivity index (χ3n) is 3.38. The van der Waals surface area contributed by atoms with Crippen molar-refractivity contribution in [2.45, 2.75) is 34.6 Å². The molecule has 0 saturated heterocycles. The maximum Gasteiger partial charge on any atom is 0.183 e. The Balaban J connectivity index is 2.68. The number of hydrogen-bond acceptors (Lipinski definition) is 2. The van der Waals surface area contributed by atoms with Gasteiger partial charge in [0.05, 0.1) is 5.52 Å². The van der Waals surface area contributed by atoms with Crippen molar-refractivity contribution in [1.29, 1.82) is 0 Å². The molecule has 0 radical (unpaired) electrons. The maximum atomic E-state index is 12.1. The van der Waals surface area contributed by atoms with Gasteiger partial charge in [-0.3, -0.25) is 4.79 Å². The van der Waals surface area contributed by atoms with Gasteiger partial charge in [0.2, 0.25) is 0 Å². The van der Waals surface area contributed by atoms with Crippen molar-refractivity contribution in [2.24, 2.45) is 5.92 Å². The monoisotopic (exact) mass is 241 g/mol. The third kappa shape index (κ3) is 2.15. The van der Waals surface area contributed by atoms with Gasteiger partial charge >= 0.3 is 0 Å². The van der Waals surface area contributed by atoms with Crippen molar-refractivity contribution in [1.82, 2.24) is 4.98 Å². The van der Waals surface area contributed by atoms with Gasteiger partial charge in [-0.2, -0.15) is 0 Å². The average molecular weight is 241 g/mol. The van der Waals surface area contributed by atoms with Crippen LogP contribution in [-0.4, -0.2) is 10.8 Å². The number of ketones is 1. The molecule has 1 aromatic heterocycles. The highest BCUT2D eigenvalue weighted by Gasteiger charge is 2.15. The SMILES string of the molecule is Cc1cc2cc(C)c(C(=O)C(C)C)nc2cc1C. The van der Waals surface area contributed by atoms with Crippen LogP contribution in [0.4, 0.5) is 0 Å². The lowest BCUT2D eigenvalue weighted by molar-refractivity contribution is 0.0934. The van der Waals surface area contributed by atoms with Crippen LogP contribution in [0.5, 0.6) is 0 Å². The minimum Gasteiger partial charge on any atom is -0.292 e. The van der Waals surface area contributed by atoms with Crippen LogP contribution in [0.3, 0.4) is 0 Å². The van der Waals surface area contributed by atoms with Crippen LogP contribution in [-0.2, 0) is 0 Å². The smallest absolute Gasteiger partial charge is 0.183 e. The summed E-state index contributed by atoms with van der Waals surface area (Å²) < 4.78 is 0. The Morgan fingerprint density at radius 3 is 2.17 bits per heavy atom. The number of rotatable bonds is 2. The second kappa shape index (κ2) is 4.52. The third-order valence-corrected chi connectivity index (χ3v) is 3.38. The molecule has 0 spiro atoms. The highest BCUT2D eigenvalue weighted by Crippen LogP contribution is 2.22. The summed E-state index contributed by atoms with van der Waals surface area (Å²) in [6, 6.07) is 6.25. The molecule has 1 heterocycles. The summed E-state index contributed by atoms with van der Waals surface area (Å²) in [6.45, 7) is 9.94. The number of Topliss-reactive ketones (excluding diaryl/α,β-unsaturated/α-hetero) is 1. The molecule has 0 fully saturated rings. The molecule has 2 nitrogen and oxygen atoms in total. The molecule has 0 aliphatic heterocycles. The number of fused-ring (bicyclic) bond motifs is 1. The fourth-order valence-electron chi connectivity index (χ4n) is 2.07. The predicted octanol–water partition coefficient (Wildman–Crippen LogP) is 4.00. The molecule has 1 aromatic carbocycles. The molecule has 0 aliphatic carbocycles. The van der Waals surface area contributed by atoms with Crippen molar-refractivity contribution in [3.05, 3.63) is 40.6 Å². The minimum atomic E-state index is -0.0137. The Kier molecular flexibility index (Phi) is 3.20. The first-order chi connectivity index (χ1) is 8.40. The van der Waals surface area contributed by atoms with Crippen molar-refractivity contribution in [3.8, 4) is 0 Å². The lowest BCUT2D eigenvalue weighted by atomic mass is 9.99. The number of aryl methyl sites for hydroxylation is 3. The number of carbonyl (C=O) groups excluding carboxylic acids is 1. The lowest BCUT2D eigenvalue weighted by Gasteiger charge is -2.10. The number of nitrogens with zero attached hydrogens (tertiary/aromatic N) is 1. The van der Waals surface area contributed by atoms with Crippen LogP contribution in [0, 0.1) is 26.7 Å². The molecule has 0 atom stereocenters. The molecule has 2 rings (SSSR count). The van der Waals surface area contributed by atoms with Gasteiger partial charge in [0.1, 0.15) is 5.69 Å². The van der Waals surface area contributed by atoms with Gasteiger partial charge in [0.15, 0.2) is 5.78 Å². The Hall–Kier alpha value is -1.70. The van der Waals surface area contributed by atoms with E-state index in [0.29, 0.717) is 5.69 Å². The standard InChI is InChI=1S/C16H19NO/c1-9(2)16(18)15-12(5)7-13-6-10(3)11(4)8-14(13)17-15/h6-9H,1-5H3. The van der Waals surface area contributed by atoms with Gasteiger partial charge in [-0.1, -0.05) is 13.8 Å². The van der Waals surface area contributed by atoms with E-state index < -0.39 is 0 Å². The molecule has 2 aromatic rings. The normalized spacial score (nSPS) is 11.2. The Bertz CT molecular complexity index is 627. The largest absolute Gasteiger partial charge is 0.292 e. The van der Waals surface area contributed by atoms with E-state index in [1.807, 2.05) is 20.8 Å². The maximum absolute atomic E-state index is 12.1. The highest BCUT2D eigenvalue weighted by molar-refractivity contribution is 5.99. The lowest BCUT2D eigenvalue weighted by Crippen LogP contribution is -2.11. The first-order valence-corrected chi connectivity index (χ1v) is 6.33. The summed E-state index contributed by atoms with van der Waals surface area (Å²) in [7, 11) is 0. The van der Waals surface area contributed by atoms with E-state index in [4.69, 9.17) is 0 Å². The van der Waals surface area contributed by atoms with E-state index in [2.05, 4.69) is 37.0 Å². The summed E-state index contributed by atoms with van der Waals surface area (Å²) in [5, 5.41) is 1.11. The van der Waals surface area contributed by atoms with Gasteiger partial charge in [-0.05, 0) is 55.7 Å². The van der Waals surface area contributed by atoms with Gasteiger partial charge in [-0.15, -0.1) is 0 Å². The number of pyridine rings is 1. The topological polar surface area (TPSA) is 30.0 Å². The van der Waals surface area contributed by atoms with Crippen LogP contribution < -0.4 is 0 Å². The van der Waals surface area contributed by atoms with Crippen LogP contribution in [0.1, 0.15) is 41.0 Å². The Morgan fingerprint density at radius 1 is 1.00 bits per heavy atom. The van der Waals surface area contributed by atoms with Crippen molar-refractivity contribution in [2.75, 3.05) is 0 Å². The van der Waals surface area contributed by atoms with Gasteiger partial charge in [-0.25, -0.2) is 4.98 Å². The molecular formula is C16H19NO. The van der Waals surface area contributed by atoms with Gasteiger partial charge in [0.25, 0.3) is 0 Å². The fourth-order valence-corrected chi connectivity index (χ4v) is 2.07. The zero-order valence-electron chi connectivity index (χ0n) is 11.7. The van der Waals surface area contributed by atoms with Crippen LogP contribution >= 0.6 is 0 Å². The molecule has 94 valence electrons. The van der Waals surface area contributed by atoms with Crippen molar-refractivity contribution >= 4 is 16.7 Å². The number of aromatic nitrogens is 1. The fraction of sp³-hybridized carbons (Fsp3) is 0.375. The second-order valence-electron chi connectivity index (χ2n) is 5.30. The van der Waals surface area contributed by atoms with E-state index in [0.717, 1.165) is 16.5 Å². The first-order valence-electron chi connectivity index (χ1n) is 6.33. The zero-order valence-corrected chi connectivity index (χ0v) is 11.7. The van der Waals surface area contributed by atoms with E-state index >= 15 is 0 Å². The minimum absolute atomic E-state index is 0.0137. The first kappa shape index (κ1) is 12.7. The highest BCUT2D eigenvalue weighted by atomic mass is 16.1. The summed E-state index contributed by atoms with van der Waals surface area (Å²) in [4.78, 5) is 16.6. The molecule has 0 aliphatic rings. The van der Waals surface area contributed by atoms with Crippen LogP contribution in [0.25, 0.3) is 10.9 Å².